The molecule has 3 aliphatic heterocycles. The van der Waals surface area contributed by atoms with Crippen LogP contribution in [-0.2, 0) is 10.5 Å². The molecule has 3 heterocycles. The lowest BCUT2D eigenvalue weighted by molar-refractivity contribution is -0.161. The number of fused-ring (bicyclic) bond motifs is 6. The van der Waals surface area contributed by atoms with Gasteiger partial charge in [-0.1, -0.05) is 62.2 Å². The fourth-order valence-corrected chi connectivity index (χ4v) is 5.23. The number of rotatable bonds is 1. The van der Waals surface area contributed by atoms with E-state index in [9.17, 15) is 4.79 Å². The van der Waals surface area contributed by atoms with Gasteiger partial charge in [-0.15, -0.1) is 0 Å². The van der Waals surface area contributed by atoms with Gasteiger partial charge in [0.05, 0.1) is 23.0 Å². The van der Waals surface area contributed by atoms with E-state index in [0.717, 1.165) is 37.0 Å². The number of nitrogens with one attached hydrogen (secondary N) is 1. The van der Waals surface area contributed by atoms with Crippen molar-refractivity contribution in [2.45, 2.75) is 18.2 Å². The lowest BCUT2D eigenvalue weighted by atomic mass is 9.92. The Morgan fingerprint density at radius 2 is 1.80 bits per heavy atom. The Balaban J connectivity index is 1.60. The van der Waals surface area contributed by atoms with Crippen molar-refractivity contribution >= 4 is 49.2 Å². The standard InChI is InChI=1S/C23H15Br2N3O2/c24-14-7-9-21-16(10-14)20-12-19(13-4-2-1-3-5-13)27-28(20)23(30-21)17-11-15(25)6-8-18(17)26-22(23)29/h1-11,20H,12H2,(H,26,29)/t20-,23-/m1/s1. The third-order valence-corrected chi connectivity index (χ3v) is 6.82. The maximum Gasteiger partial charge on any atom is 0.306 e. The molecule has 0 bridgehead atoms. The van der Waals surface area contributed by atoms with E-state index in [1.807, 2.05) is 65.7 Å². The minimum atomic E-state index is -1.35. The Morgan fingerprint density at radius 3 is 2.63 bits per heavy atom. The van der Waals surface area contributed by atoms with Gasteiger partial charge in [-0.05, 0) is 42.0 Å². The molecule has 0 radical (unpaired) electrons. The first-order valence-electron chi connectivity index (χ1n) is 9.58. The zero-order chi connectivity index (χ0) is 20.5. The molecule has 7 heteroatoms. The molecule has 3 aromatic carbocycles. The van der Waals surface area contributed by atoms with Crippen LogP contribution in [0.3, 0.4) is 0 Å². The smallest absolute Gasteiger partial charge is 0.306 e. The monoisotopic (exact) mass is 523 g/mol. The number of amides is 1. The molecule has 148 valence electrons. The van der Waals surface area contributed by atoms with Crippen molar-refractivity contribution in [3.05, 3.63) is 92.4 Å². The highest BCUT2D eigenvalue weighted by atomic mass is 79.9. The SMILES string of the molecule is O=C1Nc2ccc(Br)cc2[C@@]12Oc1ccc(Br)cc1[C@H]1CC(c3ccccc3)=NN12. The first-order chi connectivity index (χ1) is 14.6. The van der Waals surface area contributed by atoms with Crippen molar-refractivity contribution in [1.29, 1.82) is 0 Å². The number of anilines is 1. The summed E-state index contributed by atoms with van der Waals surface area (Å²) in [6.07, 6.45) is 0.690. The van der Waals surface area contributed by atoms with Gasteiger partial charge in [-0.25, -0.2) is 5.01 Å². The summed E-state index contributed by atoms with van der Waals surface area (Å²) >= 11 is 7.11. The predicted molar refractivity (Wildman–Crippen MR) is 121 cm³/mol. The molecule has 30 heavy (non-hydrogen) atoms. The summed E-state index contributed by atoms with van der Waals surface area (Å²) in [5.74, 6) is 0.471. The van der Waals surface area contributed by atoms with Crippen molar-refractivity contribution < 1.29 is 9.53 Å². The van der Waals surface area contributed by atoms with Gasteiger partial charge in [0, 0.05) is 20.9 Å². The molecule has 3 aromatic rings. The second-order valence-electron chi connectivity index (χ2n) is 7.55. The van der Waals surface area contributed by atoms with Crippen LogP contribution in [0.2, 0.25) is 0 Å². The molecule has 1 amide bonds. The Bertz CT molecular complexity index is 1240. The van der Waals surface area contributed by atoms with Crippen LogP contribution in [0.4, 0.5) is 5.69 Å². The number of nitrogens with zero attached hydrogens (tertiary/aromatic N) is 2. The van der Waals surface area contributed by atoms with E-state index in [1.54, 1.807) is 0 Å². The molecular weight excluding hydrogens is 510 g/mol. The zero-order valence-corrected chi connectivity index (χ0v) is 18.8. The Kier molecular flexibility index (Phi) is 3.89. The molecule has 0 aliphatic carbocycles. The largest absolute Gasteiger partial charge is 0.453 e. The number of carbonyl (C=O) groups excluding carboxylic acids is 1. The molecule has 0 saturated carbocycles. The summed E-state index contributed by atoms with van der Waals surface area (Å²) in [5, 5.41) is 9.79. The van der Waals surface area contributed by atoms with E-state index in [2.05, 4.69) is 43.2 Å². The van der Waals surface area contributed by atoms with Gasteiger partial charge in [0.2, 0.25) is 0 Å². The molecule has 0 aromatic heterocycles. The van der Waals surface area contributed by atoms with E-state index in [1.165, 1.54) is 0 Å². The first kappa shape index (κ1) is 18.2. The predicted octanol–water partition coefficient (Wildman–Crippen LogP) is 5.56. The van der Waals surface area contributed by atoms with E-state index in [4.69, 9.17) is 9.84 Å². The Morgan fingerprint density at radius 1 is 1.03 bits per heavy atom. The second-order valence-corrected chi connectivity index (χ2v) is 9.38. The van der Waals surface area contributed by atoms with E-state index in [0.29, 0.717) is 12.2 Å². The average molecular weight is 525 g/mol. The van der Waals surface area contributed by atoms with Gasteiger partial charge in [-0.2, -0.15) is 5.10 Å². The lowest BCUT2D eigenvalue weighted by Crippen LogP contribution is -2.55. The van der Waals surface area contributed by atoms with Crippen LogP contribution in [0.1, 0.15) is 29.2 Å². The van der Waals surface area contributed by atoms with Crippen LogP contribution in [0, 0.1) is 0 Å². The third kappa shape index (κ3) is 2.45. The highest BCUT2D eigenvalue weighted by Gasteiger charge is 2.61. The molecule has 0 saturated heterocycles. The van der Waals surface area contributed by atoms with Gasteiger partial charge in [0.15, 0.2) is 0 Å². The number of ether oxygens (including phenoxy) is 1. The molecule has 5 nitrogen and oxygen atoms in total. The van der Waals surface area contributed by atoms with Gasteiger partial charge in [-0.3, -0.25) is 4.79 Å². The maximum absolute atomic E-state index is 13.4. The van der Waals surface area contributed by atoms with Gasteiger partial charge in [0.25, 0.3) is 5.91 Å². The van der Waals surface area contributed by atoms with Crippen molar-refractivity contribution in [3.63, 3.8) is 0 Å². The number of hydrazone groups is 1. The number of halogens is 2. The van der Waals surface area contributed by atoms with E-state index >= 15 is 0 Å². The first-order valence-corrected chi connectivity index (χ1v) is 11.2. The Hall–Kier alpha value is -2.64. The average Bonchev–Trinajstić information content (AvgIpc) is 3.31. The van der Waals surface area contributed by atoms with E-state index < -0.39 is 5.72 Å². The van der Waals surface area contributed by atoms with Crippen LogP contribution in [-0.4, -0.2) is 16.6 Å². The fourth-order valence-electron chi connectivity index (χ4n) is 4.49. The van der Waals surface area contributed by atoms with Crippen LogP contribution >= 0.6 is 31.9 Å². The van der Waals surface area contributed by atoms with Crippen LogP contribution in [0.15, 0.2) is 80.8 Å². The summed E-state index contributed by atoms with van der Waals surface area (Å²) in [4.78, 5) is 13.4. The summed E-state index contributed by atoms with van der Waals surface area (Å²) in [6, 6.07) is 21.6. The minimum absolute atomic E-state index is 0.114. The van der Waals surface area contributed by atoms with Crippen molar-refractivity contribution in [2.75, 3.05) is 5.32 Å². The van der Waals surface area contributed by atoms with Crippen molar-refractivity contribution in [2.24, 2.45) is 5.10 Å². The number of benzene rings is 3. The molecule has 2 atom stereocenters. The molecule has 3 aliphatic rings. The molecule has 1 spiro atoms. The van der Waals surface area contributed by atoms with Gasteiger partial charge >= 0.3 is 5.72 Å². The zero-order valence-electron chi connectivity index (χ0n) is 15.6. The number of hydrogen-bond acceptors (Lipinski definition) is 4. The lowest BCUT2D eigenvalue weighted by Gasteiger charge is -2.44. The van der Waals surface area contributed by atoms with Crippen LogP contribution in [0.25, 0.3) is 0 Å². The van der Waals surface area contributed by atoms with E-state index in [-0.39, 0.29) is 11.9 Å². The molecular formula is C23H15Br2N3O2. The number of carbonyl (C=O) groups is 1. The quantitative estimate of drug-likeness (QED) is 0.453. The summed E-state index contributed by atoms with van der Waals surface area (Å²) < 4.78 is 8.34. The highest BCUT2D eigenvalue weighted by Crippen LogP contribution is 2.54. The Labute approximate surface area is 190 Å². The van der Waals surface area contributed by atoms with Crippen LogP contribution in [0.5, 0.6) is 5.75 Å². The molecule has 6 rings (SSSR count). The topological polar surface area (TPSA) is 53.9 Å². The minimum Gasteiger partial charge on any atom is -0.453 e. The second kappa shape index (κ2) is 6.43. The molecule has 1 N–H and O–H groups in total. The highest BCUT2D eigenvalue weighted by molar-refractivity contribution is 9.10. The third-order valence-electron chi connectivity index (χ3n) is 5.83. The normalized spacial score (nSPS) is 23.4. The van der Waals surface area contributed by atoms with Gasteiger partial charge < -0.3 is 10.1 Å². The molecule has 0 fully saturated rings. The molecule has 0 unspecified atom stereocenters. The summed E-state index contributed by atoms with van der Waals surface area (Å²) in [6.45, 7) is 0. The summed E-state index contributed by atoms with van der Waals surface area (Å²) in [5.41, 5.74) is 3.16. The summed E-state index contributed by atoms with van der Waals surface area (Å²) in [7, 11) is 0. The van der Waals surface area contributed by atoms with Crippen LogP contribution < -0.4 is 10.1 Å². The van der Waals surface area contributed by atoms with Crippen molar-refractivity contribution in [3.8, 4) is 5.75 Å². The van der Waals surface area contributed by atoms with Crippen molar-refractivity contribution in [1.82, 2.24) is 5.01 Å². The number of hydrogen-bond donors (Lipinski definition) is 1. The fraction of sp³-hybridized carbons (Fsp3) is 0.130. The van der Waals surface area contributed by atoms with Gasteiger partial charge in [0.1, 0.15) is 5.75 Å². The maximum atomic E-state index is 13.4.